The maximum absolute atomic E-state index is 12.3. The van der Waals surface area contributed by atoms with Gasteiger partial charge >= 0.3 is 0 Å². The molecule has 0 fully saturated rings. The smallest absolute Gasteiger partial charge is 0.262 e. The summed E-state index contributed by atoms with van der Waals surface area (Å²) in [6.07, 6.45) is 1.67. The van der Waals surface area contributed by atoms with Crippen molar-refractivity contribution in [1.82, 2.24) is 10.3 Å². The number of pyridine rings is 1. The molecule has 2 N–H and O–H groups in total. The van der Waals surface area contributed by atoms with E-state index in [1.54, 1.807) is 42.6 Å². The summed E-state index contributed by atoms with van der Waals surface area (Å²) in [4.78, 5) is 28.6. The van der Waals surface area contributed by atoms with Crippen LogP contribution in [0.4, 0.5) is 5.69 Å². The number of nitrogens with one attached hydrogen (secondary N) is 2. The number of ether oxygens (including phenoxy) is 1. The minimum absolute atomic E-state index is 0.127. The van der Waals surface area contributed by atoms with E-state index in [1.807, 2.05) is 30.3 Å². The van der Waals surface area contributed by atoms with Crippen molar-refractivity contribution in [1.29, 1.82) is 0 Å². The molecule has 0 saturated carbocycles. The normalized spacial score (nSPS) is 10.2. The Morgan fingerprint density at radius 3 is 2.57 bits per heavy atom. The number of aromatic nitrogens is 1. The van der Waals surface area contributed by atoms with E-state index < -0.39 is 0 Å². The highest BCUT2D eigenvalue weighted by molar-refractivity contribution is 9.10. The average molecular weight is 440 g/mol. The topological polar surface area (TPSA) is 80.3 Å². The molecule has 0 aliphatic carbocycles. The van der Waals surface area contributed by atoms with Crippen LogP contribution in [0.5, 0.6) is 5.75 Å². The highest BCUT2D eigenvalue weighted by Gasteiger charge is 2.09. The van der Waals surface area contributed by atoms with E-state index in [0.29, 0.717) is 23.5 Å². The summed E-state index contributed by atoms with van der Waals surface area (Å²) in [5.74, 6) is 0.0443. The first-order valence-corrected chi connectivity index (χ1v) is 9.36. The third kappa shape index (κ3) is 5.92. The SMILES string of the molecule is O=C(COc1ccc(Br)cc1)Nc1cccc(C(=O)NCc2ccccn2)c1. The zero-order chi connectivity index (χ0) is 19.8. The van der Waals surface area contributed by atoms with Gasteiger partial charge in [-0.1, -0.05) is 28.1 Å². The highest BCUT2D eigenvalue weighted by Crippen LogP contribution is 2.16. The van der Waals surface area contributed by atoms with Gasteiger partial charge < -0.3 is 15.4 Å². The number of nitrogens with zero attached hydrogens (tertiary/aromatic N) is 1. The van der Waals surface area contributed by atoms with E-state index in [1.165, 1.54) is 0 Å². The van der Waals surface area contributed by atoms with Crippen molar-refractivity contribution >= 4 is 33.4 Å². The molecule has 0 bridgehead atoms. The summed E-state index contributed by atoms with van der Waals surface area (Å²) in [5, 5.41) is 5.53. The molecule has 0 atom stereocenters. The van der Waals surface area contributed by atoms with Crippen molar-refractivity contribution < 1.29 is 14.3 Å². The van der Waals surface area contributed by atoms with Crippen molar-refractivity contribution in [2.45, 2.75) is 6.54 Å². The number of halogens is 1. The van der Waals surface area contributed by atoms with E-state index in [9.17, 15) is 9.59 Å². The third-order valence-electron chi connectivity index (χ3n) is 3.75. The molecule has 0 saturated heterocycles. The van der Waals surface area contributed by atoms with Crippen LogP contribution in [0.3, 0.4) is 0 Å². The van der Waals surface area contributed by atoms with E-state index in [-0.39, 0.29) is 18.4 Å². The maximum atomic E-state index is 12.3. The Balaban J connectivity index is 1.52. The van der Waals surface area contributed by atoms with E-state index >= 15 is 0 Å². The van der Waals surface area contributed by atoms with Gasteiger partial charge in [-0.3, -0.25) is 14.6 Å². The molecular formula is C21H18BrN3O3. The van der Waals surface area contributed by atoms with Crippen molar-refractivity contribution in [2.75, 3.05) is 11.9 Å². The van der Waals surface area contributed by atoms with Gasteiger partial charge in [0.15, 0.2) is 6.61 Å². The van der Waals surface area contributed by atoms with Crippen molar-refractivity contribution in [3.8, 4) is 5.75 Å². The van der Waals surface area contributed by atoms with Crippen molar-refractivity contribution in [3.63, 3.8) is 0 Å². The van der Waals surface area contributed by atoms with Crippen LogP contribution < -0.4 is 15.4 Å². The Morgan fingerprint density at radius 1 is 1.00 bits per heavy atom. The van der Waals surface area contributed by atoms with Crippen molar-refractivity contribution in [3.05, 3.63) is 88.7 Å². The number of hydrogen-bond acceptors (Lipinski definition) is 4. The molecule has 6 nitrogen and oxygen atoms in total. The van der Waals surface area contributed by atoms with Crippen molar-refractivity contribution in [2.24, 2.45) is 0 Å². The standard InChI is InChI=1S/C21H18BrN3O3/c22-16-7-9-19(10-8-16)28-14-20(26)25-17-6-3-4-15(12-17)21(27)24-13-18-5-1-2-11-23-18/h1-12H,13-14H2,(H,24,27)(H,25,26). The lowest BCUT2D eigenvalue weighted by Gasteiger charge is -2.09. The summed E-state index contributed by atoms with van der Waals surface area (Å²) in [6, 6.07) is 19.4. The molecule has 0 aliphatic heterocycles. The molecule has 28 heavy (non-hydrogen) atoms. The first-order chi connectivity index (χ1) is 13.6. The van der Waals surface area contributed by atoms with Crippen LogP contribution in [0, 0.1) is 0 Å². The fraction of sp³-hybridized carbons (Fsp3) is 0.0952. The summed E-state index contributed by atoms with van der Waals surface area (Å²) in [6.45, 7) is 0.203. The molecule has 0 spiro atoms. The molecule has 142 valence electrons. The monoisotopic (exact) mass is 439 g/mol. The number of hydrogen-bond donors (Lipinski definition) is 2. The molecule has 3 aromatic rings. The Morgan fingerprint density at radius 2 is 1.82 bits per heavy atom. The van der Waals surface area contributed by atoms with Crippen LogP contribution in [0.25, 0.3) is 0 Å². The first-order valence-electron chi connectivity index (χ1n) is 8.56. The molecule has 0 aliphatic rings. The number of amides is 2. The van der Waals surface area contributed by atoms with E-state index in [4.69, 9.17) is 4.74 Å². The van der Waals surface area contributed by atoms with Crippen LogP contribution in [-0.2, 0) is 11.3 Å². The van der Waals surface area contributed by atoms with Gasteiger partial charge in [-0.15, -0.1) is 0 Å². The second-order valence-electron chi connectivity index (χ2n) is 5.88. The molecule has 2 aromatic carbocycles. The fourth-order valence-corrected chi connectivity index (χ4v) is 2.65. The summed E-state index contributed by atoms with van der Waals surface area (Å²) in [7, 11) is 0. The van der Waals surface area contributed by atoms with Crippen LogP contribution in [-0.4, -0.2) is 23.4 Å². The second kappa shape index (κ2) is 9.66. The number of carbonyl (C=O) groups excluding carboxylic acids is 2. The van der Waals surface area contributed by atoms with Gasteiger partial charge in [0.25, 0.3) is 11.8 Å². The molecule has 2 amide bonds. The van der Waals surface area contributed by atoms with Gasteiger partial charge in [-0.2, -0.15) is 0 Å². The van der Waals surface area contributed by atoms with Gasteiger partial charge in [-0.05, 0) is 54.6 Å². The molecular weight excluding hydrogens is 422 g/mol. The Bertz CT molecular complexity index is 947. The number of carbonyl (C=O) groups is 2. The number of rotatable bonds is 7. The zero-order valence-electron chi connectivity index (χ0n) is 14.9. The molecule has 1 heterocycles. The van der Waals surface area contributed by atoms with Gasteiger partial charge in [0, 0.05) is 21.9 Å². The van der Waals surface area contributed by atoms with Crippen LogP contribution in [0.1, 0.15) is 16.1 Å². The minimum Gasteiger partial charge on any atom is -0.484 e. The lowest BCUT2D eigenvalue weighted by atomic mass is 10.2. The largest absolute Gasteiger partial charge is 0.484 e. The zero-order valence-corrected chi connectivity index (χ0v) is 16.5. The molecule has 1 aromatic heterocycles. The number of benzene rings is 2. The third-order valence-corrected chi connectivity index (χ3v) is 4.28. The van der Waals surface area contributed by atoms with Crippen LogP contribution in [0.2, 0.25) is 0 Å². The Kier molecular flexibility index (Phi) is 6.75. The first kappa shape index (κ1) is 19.6. The summed E-state index contributed by atoms with van der Waals surface area (Å²) in [5.41, 5.74) is 1.74. The van der Waals surface area contributed by atoms with Crippen LogP contribution in [0.15, 0.2) is 77.4 Å². The minimum atomic E-state index is -0.311. The van der Waals surface area contributed by atoms with Gasteiger partial charge in [0.1, 0.15) is 5.75 Å². The number of anilines is 1. The summed E-state index contributed by atoms with van der Waals surface area (Å²) < 4.78 is 6.37. The Hall–Kier alpha value is -3.19. The average Bonchev–Trinajstić information content (AvgIpc) is 2.72. The molecule has 3 rings (SSSR count). The highest BCUT2D eigenvalue weighted by atomic mass is 79.9. The lowest BCUT2D eigenvalue weighted by molar-refractivity contribution is -0.118. The molecule has 0 radical (unpaired) electrons. The van der Waals surface area contributed by atoms with Crippen LogP contribution >= 0.6 is 15.9 Å². The Labute approximate surface area is 171 Å². The maximum Gasteiger partial charge on any atom is 0.262 e. The van der Waals surface area contributed by atoms with Gasteiger partial charge in [0.05, 0.1) is 12.2 Å². The van der Waals surface area contributed by atoms with Gasteiger partial charge in [0.2, 0.25) is 0 Å². The fourth-order valence-electron chi connectivity index (χ4n) is 2.39. The van der Waals surface area contributed by atoms with E-state index in [2.05, 4.69) is 31.5 Å². The molecule has 7 heteroatoms. The predicted molar refractivity (Wildman–Crippen MR) is 110 cm³/mol. The predicted octanol–water partition coefficient (Wildman–Crippen LogP) is 3.79. The van der Waals surface area contributed by atoms with Gasteiger partial charge in [-0.25, -0.2) is 0 Å². The quantitative estimate of drug-likeness (QED) is 0.586. The second-order valence-corrected chi connectivity index (χ2v) is 6.79. The lowest BCUT2D eigenvalue weighted by Crippen LogP contribution is -2.24. The molecule has 0 unspecified atom stereocenters. The van der Waals surface area contributed by atoms with E-state index in [0.717, 1.165) is 10.2 Å². The summed E-state index contributed by atoms with van der Waals surface area (Å²) >= 11 is 3.34.